The van der Waals surface area contributed by atoms with Crippen LogP contribution in [0.15, 0.2) is 0 Å². The molecule has 4 bridgehead atoms. The Kier molecular flexibility index (Phi) is 2.76. The van der Waals surface area contributed by atoms with Crippen molar-refractivity contribution in [2.45, 2.75) is 83.3 Å². The van der Waals surface area contributed by atoms with Crippen LogP contribution in [-0.2, 0) is 14.3 Å². The van der Waals surface area contributed by atoms with Gasteiger partial charge in [0.05, 0.1) is 12.5 Å². The average molecular weight is 319 g/mol. The number of carbonyl (C=O) groups excluding carboxylic acids is 1. The Balaban J connectivity index is 1.65. The topological polar surface area (TPSA) is 38.8 Å². The van der Waals surface area contributed by atoms with E-state index < -0.39 is 5.72 Å². The second kappa shape index (κ2) is 4.32. The van der Waals surface area contributed by atoms with Crippen LogP contribution in [0.2, 0.25) is 0 Å². The van der Waals surface area contributed by atoms with Crippen LogP contribution in [0.3, 0.4) is 0 Å². The SMILES string of the molecule is CC1C[C@]23C[C@@H](C)C[C@H](CN2C24CCC[C@@](C)(CC(=O)O2)C14)O3. The number of piperidine rings is 1. The maximum absolute atomic E-state index is 12.5. The van der Waals surface area contributed by atoms with Gasteiger partial charge in [0.1, 0.15) is 5.72 Å². The van der Waals surface area contributed by atoms with Crippen molar-refractivity contribution in [3.63, 3.8) is 0 Å². The Morgan fingerprint density at radius 2 is 2.04 bits per heavy atom. The average Bonchev–Trinajstić information content (AvgIpc) is 2.67. The van der Waals surface area contributed by atoms with Gasteiger partial charge in [0.2, 0.25) is 0 Å². The molecule has 1 spiro atoms. The van der Waals surface area contributed by atoms with Gasteiger partial charge in [-0.25, -0.2) is 4.90 Å². The van der Waals surface area contributed by atoms with Crippen LogP contribution in [0.4, 0.5) is 0 Å². The highest BCUT2D eigenvalue weighted by atomic mass is 16.6. The highest BCUT2D eigenvalue weighted by Gasteiger charge is 2.71. The summed E-state index contributed by atoms with van der Waals surface area (Å²) in [4.78, 5) is 15.0. The van der Waals surface area contributed by atoms with E-state index in [1.807, 2.05) is 0 Å². The maximum Gasteiger partial charge on any atom is 0.308 e. The number of fused-ring (bicyclic) bond motifs is 1. The summed E-state index contributed by atoms with van der Waals surface area (Å²) in [5.41, 5.74) is -0.455. The molecule has 23 heavy (non-hydrogen) atoms. The molecule has 0 radical (unpaired) electrons. The second-order valence-electron chi connectivity index (χ2n) is 9.50. The first kappa shape index (κ1) is 14.7. The molecule has 0 aromatic heterocycles. The fourth-order valence-electron chi connectivity index (χ4n) is 7.47. The first-order valence-electron chi connectivity index (χ1n) is 9.54. The molecule has 1 saturated carbocycles. The first-order chi connectivity index (χ1) is 10.9. The predicted octanol–water partition coefficient (Wildman–Crippen LogP) is 3.30. The van der Waals surface area contributed by atoms with Crippen LogP contribution in [0.5, 0.6) is 0 Å². The number of nitrogens with zero attached hydrogens (tertiary/aromatic N) is 1. The van der Waals surface area contributed by atoms with Crippen LogP contribution >= 0.6 is 0 Å². The Bertz CT molecular complexity index is 565. The minimum Gasteiger partial charge on any atom is -0.443 e. The van der Waals surface area contributed by atoms with Gasteiger partial charge in [-0.15, -0.1) is 0 Å². The third kappa shape index (κ3) is 1.72. The molecule has 7 atom stereocenters. The molecule has 5 fully saturated rings. The van der Waals surface area contributed by atoms with Gasteiger partial charge in [0, 0.05) is 18.9 Å². The van der Waals surface area contributed by atoms with Crippen molar-refractivity contribution in [3.05, 3.63) is 0 Å². The van der Waals surface area contributed by atoms with Crippen LogP contribution in [0.1, 0.15) is 65.7 Å². The van der Waals surface area contributed by atoms with E-state index in [1.54, 1.807) is 0 Å². The smallest absolute Gasteiger partial charge is 0.308 e. The maximum atomic E-state index is 12.5. The molecule has 4 aliphatic heterocycles. The summed E-state index contributed by atoms with van der Waals surface area (Å²) >= 11 is 0. The summed E-state index contributed by atoms with van der Waals surface area (Å²) < 4.78 is 12.8. The second-order valence-corrected chi connectivity index (χ2v) is 9.50. The summed E-state index contributed by atoms with van der Waals surface area (Å²) in [5, 5.41) is 0. The van der Waals surface area contributed by atoms with Gasteiger partial charge < -0.3 is 9.47 Å². The van der Waals surface area contributed by atoms with E-state index in [0.717, 1.165) is 32.2 Å². The molecule has 128 valence electrons. The Labute approximate surface area is 138 Å². The van der Waals surface area contributed by atoms with E-state index >= 15 is 0 Å². The van der Waals surface area contributed by atoms with E-state index in [4.69, 9.17) is 9.47 Å². The molecule has 0 aromatic carbocycles. The monoisotopic (exact) mass is 319 g/mol. The van der Waals surface area contributed by atoms with E-state index in [2.05, 4.69) is 25.7 Å². The zero-order valence-corrected chi connectivity index (χ0v) is 14.6. The highest BCUT2D eigenvalue weighted by Crippen LogP contribution is 2.65. The number of hydrogen-bond acceptors (Lipinski definition) is 4. The lowest BCUT2D eigenvalue weighted by Gasteiger charge is -2.66. The van der Waals surface area contributed by atoms with Crippen LogP contribution in [0, 0.1) is 23.2 Å². The minimum absolute atomic E-state index is 0.0159. The quantitative estimate of drug-likeness (QED) is 0.642. The summed E-state index contributed by atoms with van der Waals surface area (Å²) in [5.74, 6) is 1.73. The van der Waals surface area contributed by atoms with Gasteiger partial charge in [-0.1, -0.05) is 20.8 Å². The molecule has 4 heterocycles. The number of esters is 1. The van der Waals surface area contributed by atoms with Crippen molar-refractivity contribution in [2.24, 2.45) is 23.2 Å². The summed E-state index contributed by atoms with van der Waals surface area (Å²) in [6, 6.07) is 0. The van der Waals surface area contributed by atoms with E-state index in [1.165, 1.54) is 12.8 Å². The van der Waals surface area contributed by atoms with E-state index in [0.29, 0.717) is 30.3 Å². The standard InChI is InChI=1S/C19H29NO3/c1-12-7-14-11-20-18(8-12,22-14)9-13(2)16-17(3)5-4-6-19(16,20)23-15(21)10-17/h12-14,16H,4-11H2,1-3H3/t12-,13?,14+,16?,17-,18+,19?/m0/s1. The van der Waals surface area contributed by atoms with E-state index in [9.17, 15) is 4.79 Å². The van der Waals surface area contributed by atoms with Crippen molar-refractivity contribution in [2.75, 3.05) is 6.54 Å². The lowest BCUT2D eigenvalue weighted by molar-refractivity contribution is -0.330. The van der Waals surface area contributed by atoms with Crippen LogP contribution in [0.25, 0.3) is 0 Å². The largest absolute Gasteiger partial charge is 0.443 e. The Hall–Kier alpha value is -0.610. The molecule has 4 heteroatoms. The molecule has 0 amide bonds. The molecule has 5 rings (SSSR count). The van der Waals surface area contributed by atoms with Gasteiger partial charge in [-0.2, -0.15) is 0 Å². The van der Waals surface area contributed by atoms with Gasteiger partial charge in [-0.3, -0.25) is 4.79 Å². The van der Waals surface area contributed by atoms with Crippen molar-refractivity contribution < 1.29 is 14.3 Å². The molecule has 5 aliphatic rings. The molecule has 0 N–H and O–H groups in total. The molecular weight excluding hydrogens is 290 g/mol. The molecule has 4 nitrogen and oxygen atoms in total. The number of hydrogen-bond donors (Lipinski definition) is 0. The third-order valence-electron chi connectivity index (χ3n) is 7.62. The molecule has 4 saturated heterocycles. The van der Waals surface area contributed by atoms with Crippen LogP contribution in [-0.4, -0.2) is 35.0 Å². The zero-order valence-electron chi connectivity index (χ0n) is 14.6. The van der Waals surface area contributed by atoms with Gasteiger partial charge in [0.15, 0.2) is 5.72 Å². The third-order valence-corrected chi connectivity index (χ3v) is 7.62. The number of ether oxygens (including phenoxy) is 2. The number of rotatable bonds is 0. The molecule has 3 unspecified atom stereocenters. The fourth-order valence-corrected chi connectivity index (χ4v) is 7.47. The molecule has 1 aliphatic carbocycles. The zero-order chi connectivity index (χ0) is 16.0. The molecular formula is C19H29NO3. The minimum atomic E-state index is -0.390. The summed E-state index contributed by atoms with van der Waals surface area (Å²) in [6.07, 6.45) is 7.61. The van der Waals surface area contributed by atoms with Crippen molar-refractivity contribution in [1.82, 2.24) is 4.90 Å². The summed E-state index contributed by atoms with van der Waals surface area (Å²) in [6.45, 7) is 8.03. The van der Waals surface area contributed by atoms with Gasteiger partial charge in [0.25, 0.3) is 0 Å². The summed E-state index contributed by atoms with van der Waals surface area (Å²) in [7, 11) is 0. The van der Waals surface area contributed by atoms with Gasteiger partial charge in [-0.05, 0) is 49.4 Å². The first-order valence-corrected chi connectivity index (χ1v) is 9.54. The Morgan fingerprint density at radius 1 is 1.22 bits per heavy atom. The van der Waals surface area contributed by atoms with Crippen molar-refractivity contribution >= 4 is 5.97 Å². The fraction of sp³-hybridized carbons (Fsp3) is 0.947. The Morgan fingerprint density at radius 3 is 2.87 bits per heavy atom. The van der Waals surface area contributed by atoms with Crippen molar-refractivity contribution in [3.8, 4) is 0 Å². The van der Waals surface area contributed by atoms with E-state index in [-0.39, 0.29) is 17.1 Å². The lowest BCUT2D eigenvalue weighted by Crippen LogP contribution is -2.74. The normalized spacial score (nSPS) is 58.3. The molecule has 0 aromatic rings. The number of carbonyl (C=O) groups is 1. The van der Waals surface area contributed by atoms with Crippen LogP contribution < -0.4 is 0 Å². The van der Waals surface area contributed by atoms with Crippen molar-refractivity contribution in [1.29, 1.82) is 0 Å². The predicted molar refractivity (Wildman–Crippen MR) is 85.4 cm³/mol. The highest BCUT2D eigenvalue weighted by molar-refractivity contribution is 5.72. The van der Waals surface area contributed by atoms with Gasteiger partial charge >= 0.3 is 5.97 Å². The lowest BCUT2D eigenvalue weighted by atomic mass is 9.53.